The Kier molecular flexibility index (Phi) is 9.37. The van der Waals surface area contributed by atoms with E-state index in [1.54, 1.807) is 0 Å². The van der Waals surface area contributed by atoms with Gasteiger partial charge in [0.2, 0.25) is 0 Å². The number of nitrogens with zero attached hydrogens (tertiary/aromatic N) is 3. The summed E-state index contributed by atoms with van der Waals surface area (Å²) in [5.74, 6) is 1.84. The molecule has 3 aromatic rings. The van der Waals surface area contributed by atoms with Gasteiger partial charge < -0.3 is 25.3 Å². The van der Waals surface area contributed by atoms with E-state index in [2.05, 4.69) is 76.7 Å². The number of aryl methyl sites for hydroxylation is 1. The first-order valence-electron chi connectivity index (χ1n) is 11.5. The summed E-state index contributed by atoms with van der Waals surface area (Å²) in [5.41, 5.74) is 4.94. The van der Waals surface area contributed by atoms with E-state index in [0.29, 0.717) is 6.54 Å². The van der Waals surface area contributed by atoms with Crippen molar-refractivity contribution >= 4 is 46.7 Å². The molecule has 0 bridgehead atoms. The molecule has 1 aliphatic rings. The number of aliphatic imine (C=N–C) groups is 1. The highest BCUT2D eigenvalue weighted by atomic mass is 127. The van der Waals surface area contributed by atoms with Crippen LogP contribution in [-0.4, -0.2) is 54.8 Å². The summed E-state index contributed by atoms with van der Waals surface area (Å²) in [6.07, 6.45) is 5.15. The van der Waals surface area contributed by atoms with Gasteiger partial charge in [0.15, 0.2) is 5.96 Å². The molecule has 8 heteroatoms. The lowest BCUT2D eigenvalue weighted by atomic mass is 10.1. The zero-order chi connectivity index (χ0) is 22.3. The second-order valence-electron chi connectivity index (χ2n) is 8.38. The number of H-pyrrole nitrogens is 1. The van der Waals surface area contributed by atoms with Crippen LogP contribution in [0.2, 0.25) is 0 Å². The van der Waals surface area contributed by atoms with Crippen molar-refractivity contribution < 1.29 is 4.74 Å². The molecule has 3 heterocycles. The predicted molar refractivity (Wildman–Crippen MR) is 147 cm³/mol. The van der Waals surface area contributed by atoms with E-state index in [1.165, 1.54) is 22.0 Å². The molecule has 33 heavy (non-hydrogen) atoms. The van der Waals surface area contributed by atoms with Crippen molar-refractivity contribution in [2.75, 3.05) is 37.7 Å². The van der Waals surface area contributed by atoms with E-state index in [-0.39, 0.29) is 30.1 Å². The molecule has 1 atom stereocenters. The Morgan fingerprint density at radius 3 is 2.97 bits per heavy atom. The molecule has 0 spiro atoms. The van der Waals surface area contributed by atoms with Crippen LogP contribution in [0.15, 0.2) is 47.7 Å². The molecular weight excluding hydrogens is 527 g/mol. The molecule has 1 fully saturated rings. The number of benzene rings is 1. The predicted octanol–water partition coefficient (Wildman–Crippen LogP) is 4.01. The van der Waals surface area contributed by atoms with Crippen molar-refractivity contribution in [3.8, 4) is 0 Å². The Morgan fingerprint density at radius 1 is 1.27 bits per heavy atom. The number of morpholine rings is 1. The smallest absolute Gasteiger partial charge is 0.191 e. The topological polar surface area (TPSA) is 77.6 Å². The molecule has 0 aliphatic carbocycles. The van der Waals surface area contributed by atoms with Gasteiger partial charge in [-0.25, -0.2) is 9.98 Å². The zero-order valence-electron chi connectivity index (χ0n) is 19.7. The van der Waals surface area contributed by atoms with Crippen molar-refractivity contribution in [2.24, 2.45) is 4.99 Å². The van der Waals surface area contributed by atoms with E-state index in [1.807, 2.05) is 12.3 Å². The zero-order valence-corrected chi connectivity index (χ0v) is 22.1. The van der Waals surface area contributed by atoms with E-state index in [9.17, 15) is 0 Å². The first-order chi connectivity index (χ1) is 15.6. The molecule has 178 valence electrons. The van der Waals surface area contributed by atoms with Gasteiger partial charge in [-0.3, -0.25) is 0 Å². The Labute approximate surface area is 213 Å². The maximum absolute atomic E-state index is 5.65. The summed E-state index contributed by atoms with van der Waals surface area (Å²) in [4.78, 5) is 15.0. The Hall–Kier alpha value is -2.33. The third-order valence-corrected chi connectivity index (χ3v) is 5.75. The summed E-state index contributed by atoms with van der Waals surface area (Å²) in [7, 11) is 0. The standard InChI is InChI=1S/C25H34N6O.HI/c1-4-26-25(28-10-8-21-16-29-23-13-18(2)5-6-22(21)23)30-15-20-7-9-27-24(14-20)31-11-12-32-19(3)17-31;/h5-7,9,13-14,16,19,29H,4,8,10-12,15,17H2,1-3H3,(H2,26,28,30);1H. The molecule has 0 radical (unpaired) electrons. The lowest BCUT2D eigenvalue weighted by Crippen LogP contribution is -2.41. The number of rotatable bonds is 7. The Morgan fingerprint density at radius 2 is 2.15 bits per heavy atom. The average molecular weight is 563 g/mol. The van der Waals surface area contributed by atoms with Gasteiger partial charge in [-0.15, -0.1) is 24.0 Å². The van der Waals surface area contributed by atoms with Gasteiger partial charge in [0, 0.05) is 49.5 Å². The normalized spacial score (nSPS) is 16.5. The van der Waals surface area contributed by atoms with Gasteiger partial charge in [-0.05, 0) is 62.1 Å². The van der Waals surface area contributed by atoms with Crippen molar-refractivity contribution in [1.29, 1.82) is 0 Å². The number of anilines is 1. The molecule has 1 aliphatic heterocycles. The number of nitrogens with one attached hydrogen (secondary N) is 3. The van der Waals surface area contributed by atoms with Crippen LogP contribution in [-0.2, 0) is 17.7 Å². The summed E-state index contributed by atoms with van der Waals surface area (Å²) >= 11 is 0. The molecule has 7 nitrogen and oxygen atoms in total. The number of hydrogen-bond acceptors (Lipinski definition) is 4. The van der Waals surface area contributed by atoms with Crippen molar-refractivity contribution in [2.45, 2.75) is 39.8 Å². The highest BCUT2D eigenvalue weighted by Crippen LogP contribution is 2.20. The van der Waals surface area contributed by atoms with Gasteiger partial charge in [0.1, 0.15) is 5.82 Å². The van der Waals surface area contributed by atoms with E-state index < -0.39 is 0 Å². The number of fused-ring (bicyclic) bond motifs is 1. The number of aromatic nitrogens is 2. The van der Waals surface area contributed by atoms with Gasteiger partial charge in [-0.2, -0.15) is 0 Å². The minimum absolute atomic E-state index is 0. The van der Waals surface area contributed by atoms with Gasteiger partial charge in [-0.1, -0.05) is 12.1 Å². The number of guanidine groups is 1. The quantitative estimate of drug-likeness (QED) is 0.231. The van der Waals surface area contributed by atoms with E-state index >= 15 is 0 Å². The van der Waals surface area contributed by atoms with Crippen LogP contribution in [0.25, 0.3) is 10.9 Å². The molecule has 1 aromatic carbocycles. The van der Waals surface area contributed by atoms with Crippen LogP contribution in [0.4, 0.5) is 5.82 Å². The van der Waals surface area contributed by atoms with Crippen LogP contribution in [0, 0.1) is 6.92 Å². The maximum atomic E-state index is 5.65. The van der Waals surface area contributed by atoms with Crippen LogP contribution in [0.3, 0.4) is 0 Å². The number of aromatic amines is 1. The highest BCUT2D eigenvalue weighted by molar-refractivity contribution is 14.0. The minimum Gasteiger partial charge on any atom is -0.375 e. The lowest BCUT2D eigenvalue weighted by molar-refractivity contribution is 0.0529. The SMILES string of the molecule is CCNC(=NCc1ccnc(N2CCOC(C)C2)c1)NCCc1c[nH]c2cc(C)ccc12.I. The highest BCUT2D eigenvalue weighted by Gasteiger charge is 2.18. The van der Waals surface area contributed by atoms with Crippen molar-refractivity contribution in [3.63, 3.8) is 0 Å². The number of ether oxygens (including phenoxy) is 1. The molecule has 3 N–H and O–H groups in total. The average Bonchev–Trinajstić information content (AvgIpc) is 3.19. The largest absolute Gasteiger partial charge is 0.375 e. The summed E-state index contributed by atoms with van der Waals surface area (Å²) in [5, 5.41) is 8.11. The van der Waals surface area contributed by atoms with Crippen LogP contribution < -0.4 is 15.5 Å². The van der Waals surface area contributed by atoms with Crippen LogP contribution >= 0.6 is 24.0 Å². The molecule has 1 saturated heterocycles. The van der Waals surface area contributed by atoms with Crippen LogP contribution in [0.1, 0.15) is 30.5 Å². The molecule has 0 amide bonds. The first-order valence-corrected chi connectivity index (χ1v) is 11.5. The number of hydrogen-bond donors (Lipinski definition) is 3. The molecule has 0 saturated carbocycles. The van der Waals surface area contributed by atoms with Gasteiger partial charge in [0.05, 0.1) is 19.3 Å². The van der Waals surface area contributed by atoms with Crippen molar-refractivity contribution in [1.82, 2.24) is 20.6 Å². The van der Waals surface area contributed by atoms with Gasteiger partial charge in [0.25, 0.3) is 0 Å². The fourth-order valence-corrected chi connectivity index (χ4v) is 4.09. The monoisotopic (exact) mass is 562 g/mol. The molecule has 2 aromatic heterocycles. The summed E-state index contributed by atoms with van der Waals surface area (Å²) in [6.45, 7) is 11.1. The minimum atomic E-state index is 0. The Balaban J connectivity index is 0.00000306. The molecule has 4 rings (SSSR count). The first kappa shape index (κ1) is 25.3. The third kappa shape index (κ3) is 6.83. The molecular formula is C25H35IN6O. The van der Waals surface area contributed by atoms with E-state index in [0.717, 1.165) is 56.5 Å². The maximum Gasteiger partial charge on any atom is 0.191 e. The Bertz CT molecular complexity index is 1070. The van der Waals surface area contributed by atoms with Crippen LogP contribution in [0.5, 0.6) is 0 Å². The van der Waals surface area contributed by atoms with Gasteiger partial charge >= 0.3 is 0 Å². The number of halogens is 1. The molecule has 1 unspecified atom stereocenters. The third-order valence-electron chi connectivity index (χ3n) is 5.75. The lowest BCUT2D eigenvalue weighted by Gasteiger charge is -2.32. The second-order valence-corrected chi connectivity index (χ2v) is 8.38. The fraction of sp³-hybridized carbons (Fsp3) is 0.440. The summed E-state index contributed by atoms with van der Waals surface area (Å²) < 4.78 is 5.65. The summed E-state index contributed by atoms with van der Waals surface area (Å²) in [6, 6.07) is 10.7. The van der Waals surface area contributed by atoms with Crippen molar-refractivity contribution in [3.05, 3.63) is 59.4 Å². The van der Waals surface area contributed by atoms with E-state index in [4.69, 9.17) is 9.73 Å². The second kappa shape index (κ2) is 12.2. The number of pyridine rings is 1. The fourth-order valence-electron chi connectivity index (χ4n) is 4.09.